The second-order valence-corrected chi connectivity index (χ2v) is 3.37. The lowest BCUT2D eigenvalue weighted by Gasteiger charge is -2.25. The molecule has 0 radical (unpaired) electrons. The van der Waals surface area contributed by atoms with E-state index < -0.39 is 10.8 Å². The molecule has 0 saturated carbocycles. The van der Waals surface area contributed by atoms with Crippen LogP contribution in [0.5, 0.6) is 0 Å². The van der Waals surface area contributed by atoms with Crippen molar-refractivity contribution in [1.82, 2.24) is 5.32 Å². The summed E-state index contributed by atoms with van der Waals surface area (Å²) in [7, 11) is -1.02. The first-order chi connectivity index (χ1) is 3.56. The van der Waals surface area contributed by atoms with Gasteiger partial charge in [0.1, 0.15) is 0 Å². The molecule has 0 aliphatic carbocycles. The number of hydrogen-bond donors (Lipinski definition) is 4. The Labute approximate surface area is 50.6 Å². The number of nitrogens with one attached hydrogen (secondary N) is 1. The maximum atomic E-state index is 8.53. The molecule has 0 saturated heterocycles. The molecule has 0 unspecified atom stereocenters. The third-order valence-corrected chi connectivity index (χ3v) is 1.46. The number of rotatable bonds is 3. The van der Waals surface area contributed by atoms with E-state index in [1.165, 1.54) is 0 Å². The van der Waals surface area contributed by atoms with Gasteiger partial charge in [0.15, 0.2) is 0 Å². The Morgan fingerprint density at radius 1 is 1.62 bits per heavy atom. The van der Waals surface area contributed by atoms with Gasteiger partial charge < -0.3 is 5.32 Å². The topological polar surface area (TPSA) is 78.5 Å². The van der Waals surface area contributed by atoms with E-state index >= 15 is 0 Å². The van der Waals surface area contributed by atoms with Crippen LogP contribution in [-0.2, 0) is 0 Å². The second kappa shape index (κ2) is 3.26. The van der Waals surface area contributed by atoms with Crippen molar-refractivity contribution in [1.29, 1.82) is 0 Å². The summed E-state index contributed by atoms with van der Waals surface area (Å²) in [4.78, 5) is 0. The van der Waals surface area contributed by atoms with Gasteiger partial charge in [-0.1, -0.05) is 0 Å². The summed E-state index contributed by atoms with van der Waals surface area (Å²) in [6.45, 7) is 0.541. The van der Waals surface area contributed by atoms with Crippen LogP contribution in [-0.4, -0.2) is 28.5 Å². The molecular weight excluding hydrogens is 128 g/mol. The zero-order valence-corrected chi connectivity index (χ0v) is 5.61. The maximum absolute atomic E-state index is 8.53. The fraction of sp³-hybridized carbons (Fsp3) is 1.00. The third kappa shape index (κ3) is 6.19. The van der Waals surface area contributed by atoms with Crippen LogP contribution in [0.1, 0.15) is 0 Å². The van der Waals surface area contributed by atoms with Gasteiger partial charge in [0.2, 0.25) is 0 Å². The molecule has 0 aliphatic rings. The molecule has 0 aliphatic heterocycles. The lowest BCUT2D eigenvalue weighted by Crippen LogP contribution is -2.21. The second-order valence-electron chi connectivity index (χ2n) is 1.53. The summed E-state index contributed by atoms with van der Waals surface area (Å²) >= 11 is 0. The quantitative estimate of drug-likeness (QED) is 0.439. The Hall–Kier alpha value is 0.190. The van der Waals surface area contributed by atoms with Gasteiger partial charge in [-0.25, -0.2) is 5.14 Å². The van der Waals surface area contributed by atoms with Crippen LogP contribution in [0.25, 0.3) is 0 Å². The summed E-state index contributed by atoms with van der Waals surface area (Å²) in [5.41, 5.74) is 0. The minimum Gasteiger partial charge on any atom is -0.318 e. The largest absolute Gasteiger partial charge is 0.318 e. The van der Waals surface area contributed by atoms with E-state index in [-0.39, 0.29) is 5.75 Å². The Kier molecular flexibility index (Phi) is 3.34. The van der Waals surface area contributed by atoms with E-state index in [1.54, 1.807) is 7.05 Å². The molecule has 52 valence electrons. The molecule has 0 bridgehead atoms. The fourth-order valence-corrected chi connectivity index (χ4v) is 0.757. The van der Waals surface area contributed by atoms with Crippen molar-refractivity contribution in [3.05, 3.63) is 0 Å². The van der Waals surface area contributed by atoms with Crippen molar-refractivity contribution in [3.63, 3.8) is 0 Å². The van der Waals surface area contributed by atoms with Crippen LogP contribution in [0.2, 0.25) is 0 Å². The minimum absolute atomic E-state index is 0.226. The molecule has 0 atom stereocenters. The highest BCUT2D eigenvalue weighted by Crippen LogP contribution is 2.25. The highest BCUT2D eigenvalue weighted by Gasteiger charge is 2.00. The van der Waals surface area contributed by atoms with Crippen LogP contribution in [0.15, 0.2) is 0 Å². The van der Waals surface area contributed by atoms with Gasteiger partial charge in [-0.3, -0.25) is 9.11 Å². The molecule has 5 heteroatoms. The molecule has 0 aromatic heterocycles. The van der Waals surface area contributed by atoms with Crippen molar-refractivity contribution in [2.24, 2.45) is 5.14 Å². The monoisotopic (exact) mass is 140 g/mol. The molecule has 0 rings (SSSR count). The summed E-state index contributed by atoms with van der Waals surface area (Å²) in [5, 5.41) is 7.62. The molecular formula is C3H12N2O2S. The van der Waals surface area contributed by atoms with Gasteiger partial charge >= 0.3 is 0 Å². The Morgan fingerprint density at radius 2 is 2.12 bits per heavy atom. The first kappa shape index (κ1) is 8.19. The van der Waals surface area contributed by atoms with Crippen molar-refractivity contribution in [2.45, 2.75) is 0 Å². The zero-order valence-electron chi connectivity index (χ0n) is 4.79. The van der Waals surface area contributed by atoms with Gasteiger partial charge in [0.05, 0.1) is 5.75 Å². The smallest absolute Gasteiger partial charge is 0.0650 e. The maximum Gasteiger partial charge on any atom is 0.0650 e. The molecule has 8 heavy (non-hydrogen) atoms. The standard InChI is InChI=1S/C3H12N2O2S/c1-5-2-3-8(4,6)7/h5-7H,2-4H2,1H3. The number of nitrogens with two attached hydrogens (primary N) is 1. The van der Waals surface area contributed by atoms with E-state index in [9.17, 15) is 0 Å². The highest BCUT2D eigenvalue weighted by atomic mass is 32.3. The first-order valence-corrected chi connectivity index (χ1v) is 4.02. The third-order valence-electron chi connectivity index (χ3n) is 0.652. The normalized spacial score (nSPS) is 14.0. The van der Waals surface area contributed by atoms with E-state index in [0.717, 1.165) is 0 Å². The summed E-state index contributed by atoms with van der Waals surface area (Å²) in [6.07, 6.45) is 0. The van der Waals surface area contributed by atoms with Crippen LogP contribution < -0.4 is 10.5 Å². The predicted octanol–water partition coefficient (Wildman–Crippen LogP) is -0.170. The first-order valence-electron chi connectivity index (χ1n) is 2.24. The van der Waals surface area contributed by atoms with Gasteiger partial charge in [-0.15, -0.1) is 10.8 Å². The van der Waals surface area contributed by atoms with Crippen molar-refractivity contribution >= 4 is 10.8 Å². The Balaban J connectivity index is 3.11. The van der Waals surface area contributed by atoms with Gasteiger partial charge in [0.25, 0.3) is 0 Å². The average Bonchev–Trinajstić information content (AvgIpc) is 1.59. The predicted molar refractivity (Wildman–Crippen MR) is 35.8 cm³/mol. The van der Waals surface area contributed by atoms with Crippen molar-refractivity contribution in [2.75, 3.05) is 19.3 Å². The minimum atomic E-state index is -2.75. The van der Waals surface area contributed by atoms with E-state index in [1.807, 2.05) is 0 Å². The fourth-order valence-electron chi connectivity index (χ4n) is 0.252. The Bertz CT molecular complexity index is 62.8. The molecule has 0 heterocycles. The van der Waals surface area contributed by atoms with Crippen LogP contribution >= 0.6 is 10.8 Å². The van der Waals surface area contributed by atoms with E-state index in [2.05, 4.69) is 5.32 Å². The summed E-state index contributed by atoms with van der Waals surface area (Å²) in [6, 6.07) is 0. The lowest BCUT2D eigenvalue weighted by molar-refractivity contribution is 0.487. The van der Waals surface area contributed by atoms with Crippen LogP contribution in [0.3, 0.4) is 0 Å². The summed E-state index contributed by atoms with van der Waals surface area (Å²) in [5.74, 6) is 0.226. The SMILES string of the molecule is CNCCS(N)(O)O. The summed E-state index contributed by atoms with van der Waals surface area (Å²) < 4.78 is 17.1. The van der Waals surface area contributed by atoms with E-state index in [4.69, 9.17) is 14.2 Å². The molecule has 0 aromatic rings. The van der Waals surface area contributed by atoms with E-state index in [0.29, 0.717) is 6.54 Å². The van der Waals surface area contributed by atoms with Gasteiger partial charge in [-0.05, 0) is 7.05 Å². The number of hydrogen-bond acceptors (Lipinski definition) is 4. The van der Waals surface area contributed by atoms with Gasteiger partial charge in [-0.2, -0.15) is 0 Å². The molecule has 4 nitrogen and oxygen atoms in total. The lowest BCUT2D eigenvalue weighted by atomic mass is 10.8. The average molecular weight is 140 g/mol. The van der Waals surface area contributed by atoms with Crippen LogP contribution in [0, 0.1) is 0 Å². The molecule has 0 fully saturated rings. The van der Waals surface area contributed by atoms with Crippen LogP contribution in [0.4, 0.5) is 0 Å². The molecule has 5 N–H and O–H groups in total. The van der Waals surface area contributed by atoms with Crippen molar-refractivity contribution < 1.29 is 9.11 Å². The molecule has 0 aromatic carbocycles. The zero-order chi connectivity index (χ0) is 6.62. The van der Waals surface area contributed by atoms with Gasteiger partial charge in [0, 0.05) is 6.54 Å². The highest BCUT2D eigenvalue weighted by molar-refractivity contribution is 8.22. The Morgan fingerprint density at radius 3 is 2.25 bits per heavy atom. The molecule has 0 amide bonds. The molecule has 0 spiro atoms. The van der Waals surface area contributed by atoms with Crippen molar-refractivity contribution in [3.8, 4) is 0 Å².